The van der Waals surface area contributed by atoms with Gasteiger partial charge in [0.2, 0.25) is 0 Å². The van der Waals surface area contributed by atoms with Crippen LogP contribution in [0.1, 0.15) is 55.6 Å². The van der Waals surface area contributed by atoms with Crippen molar-refractivity contribution in [1.82, 2.24) is 9.61 Å². The third-order valence-corrected chi connectivity index (χ3v) is 5.11. The van der Waals surface area contributed by atoms with Crippen LogP contribution in [-0.4, -0.2) is 30.5 Å². The molecule has 10 heteroatoms. The average Bonchev–Trinajstić information content (AvgIpc) is 3.35. The van der Waals surface area contributed by atoms with Crippen LogP contribution in [0.15, 0.2) is 47.1 Å². The van der Waals surface area contributed by atoms with Gasteiger partial charge in [-0.25, -0.2) is 13.3 Å². The molecule has 2 aromatic heterocycles. The van der Waals surface area contributed by atoms with Gasteiger partial charge in [-0.3, -0.25) is 4.79 Å². The number of nitrogens with zero attached hydrogens (tertiary/aromatic N) is 4. The minimum absolute atomic E-state index is 0.0405. The quantitative estimate of drug-likeness (QED) is 0.557. The number of hydrogen-bond donors (Lipinski definition) is 0. The highest BCUT2D eigenvalue weighted by atomic mass is 32.2. The van der Waals surface area contributed by atoms with Crippen molar-refractivity contribution in [3.8, 4) is 0 Å². The first-order valence-electron chi connectivity index (χ1n) is 10.2. The zero-order valence-electron chi connectivity index (χ0n) is 18.0. The van der Waals surface area contributed by atoms with Gasteiger partial charge in [0.15, 0.2) is 0 Å². The van der Waals surface area contributed by atoms with Gasteiger partial charge in [0, 0.05) is 24.0 Å². The van der Waals surface area contributed by atoms with Crippen LogP contribution in [-0.2, 0) is 10.5 Å². The third-order valence-electron chi connectivity index (χ3n) is 4.79. The predicted octanol–water partition coefficient (Wildman–Crippen LogP) is 4.82. The molecule has 1 unspecified atom stereocenters. The standard InChI is InChI=1S/C18H14F2N4O3S.C4H10/c19-11-3-4-15(20)13(8-11)16-2-1-6-23(16)12-5-7-24-17(9-12)14(10-21-24)18(25)22-28(26)27;1-4(2)3/h3-5,7-10,16H,1-2,6H2;4H,1-3H3. The van der Waals surface area contributed by atoms with Crippen LogP contribution >= 0.6 is 0 Å². The second kappa shape index (κ2) is 9.99. The Bertz CT molecular complexity index is 1260. The molecule has 1 atom stereocenters. The molecular weight excluding hydrogens is 438 g/mol. The molecule has 3 aromatic rings. The number of pyridine rings is 1. The first kappa shape index (κ1) is 23.5. The van der Waals surface area contributed by atoms with E-state index in [1.54, 1.807) is 18.3 Å². The summed E-state index contributed by atoms with van der Waals surface area (Å²) in [6.45, 7) is 7.13. The van der Waals surface area contributed by atoms with Gasteiger partial charge >= 0.3 is 10.5 Å². The summed E-state index contributed by atoms with van der Waals surface area (Å²) in [4.78, 5) is 13.9. The maximum Gasteiger partial charge on any atom is 0.319 e. The zero-order chi connectivity index (χ0) is 23.4. The summed E-state index contributed by atoms with van der Waals surface area (Å²) < 4.78 is 53.7. The van der Waals surface area contributed by atoms with Crippen molar-refractivity contribution < 1.29 is 22.0 Å². The highest BCUT2D eigenvalue weighted by molar-refractivity contribution is 7.62. The average molecular weight is 463 g/mol. The molecule has 1 aliphatic rings. The summed E-state index contributed by atoms with van der Waals surface area (Å²) in [5.74, 6) is -1.07. The van der Waals surface area contributed by atoms with E-state index in [2.05, 4.69) is 30.2 Å². The lowest BCUT2D eigenvalue weighted by atomic mass is 10.0. The molecule has 0 spiro atoms. The summed E-state index contributed by atoms with van der Waals surface area (Å²) in [7, 11) is -2.87. The predicted molar refractivity (Wildman–Crippen MR) is 117 cm³/mol. The van der Waals surface area contributed by atoms with Gasteiger partial charge < -0.3 is 4.90 Å². The molecule has 1 amide bonds. The van der Waals surface area contributed by atoms with Crippen molar-refractivity contribution in [2.75, 3.05) is 11.4 Å². The molecular formula is C22H24F2N4O3S. The van der Waals surface area contributed by atoms with Crippen molar-refractivity contribution in [3.63, 3.8) is 0 Å². The molecule has 1 aromatic carbocycles. The Balaban J connectivity index is 0.000000668. The minimum atomic E-state index is -2.87. The number of benzene rings is 1. The van der Waals surface area contributed by atoms with Crippen LogP contribution in [0, 0.1) is 17.6 Å². The molecule has 0 aliphatic carbocycles. The number of carbonyl (C=O) groups excluding carboxylic acids is 1. The molecule has 32 heavy (non-hydrogen) atoms. The molecule has 1 fully saturated rings. The maximum atomic E-state index is 14.3. The Morgan fingerprint density at radius 2 is 1.91 bits per heavy atom. The number of hydrogen-bond acceptors (Lipinski definition) is 5. The molecule has 0 saturated carbocycles. The van der Waals surface area contributed by atoms with E-state index in [9.17, 15) is 22.0 Å². The van der Waals surface area contributed by atoms with Crippen LogP contribution in [0.2, 0.25) is 0 Å². The molecule has 3 heterocycles. The Labute approximate surface area is 186 Å². The van der Waals surface area contributed by atoms with E-state index < -0.39 is 28.0 Å². The van der Waals surface area contributed by atoms with E-state index in [0.717, 1.165) is 24.5 Å². The summed E-state index contributed by atoms with van der Waals surface area (Å²) in [5, 5.41) is 4.02. The largest absolute Gasteiger partial charge is 0.364 e. The molecule has 7 nitrogen and oxygen atoms in total. The number of fused-ring (bicyclic) bond motifs is 1. The van der Waals surface area contributed by atoms with E-state index in [1.165, 1.54) is 16.8 Å². The normalized spacial score (nSPS) is 15.6. The minimum Gasteiger partial charge on any atom is -0.364 e. The molecule has 0 bridgehead atoms. The Kier molecular flexibility index (Phi) is 7.34. The number of aromatic nitrogens is 2. The van der Waals surface area contributed by atoms with Gasteiger partial charge in [0.1, 0.15) is 11.6 Å². The number of halogens is 2. The fourth-order valence-electron chi connectivity index (χ4n) is 3.60. The van der Waals surface area contributed by atoms with Gasteiger partial charge in [-0.1, -0.05) is 25.1 Å². The Hall–Kier alpha value is -3.14. The fourth-order valence-corrected chi connectivity index (χ4v) is 3.83. The van der Waals surface area contributed by atoms with Crippen molar-refractivity contribution >= 4 is 27.6 Å². The van der Waals surface area contributed by atoms with Crippen molar-refractivity contribution in [2.45, 2.75) is 39.7 Å². The topological polar surface area (TPSA) is 84.1 Å². The molecule has 0 radical (unpaired) electrons. The highest BCUT2D eigenvalue weighted by Crippen LogP contribution is 2.38. The first-order valence-corrected chi connectivity index (χ1v) is 11.2. The summed E-state index contributed by atoms with van der Waals surface area (Å²) in [6.07, 6.45) is 4.31. The van der Waals surface area contributed by atoms with E-state index in [0.29, 0.717) is 24.2 Å². The SMILES string of the molecule is CC(C)C.O=C(N=S(=O)=O)c1cnn2ccc(N3CCCC3c3cc(F)ccc3F)cc12. The van der Waals surface area contributed by atoms with Crippen LogP contribution in [0.3, 0.4) is 0 Å². The highest BCUT2D eigenvalue weighted by Gasteiger charge is 2.29. The van der Waals surface area contributed by atoms with Gasteiger partial charge in [0.25, 0.3) is 5.91 Å². The second-order valence-electron chi connectivity index (χ2n) is 8.14. The van der Waals surface area contributed by atoms with E-state index in [1.807, 2.05) is 4.90 Å². The van der Waals surface area contributed by atoms with E-state index >= 15 is 0 Å². The van der Waals surface area contributed by atoms with Crippen molar-refractivity contribution in [2.24, 2.45) is 10.3 Å². The molecule has 0 N–H and O–H groups in total. The number of anilines is 1. The number of rotatable bonds is 3. The molecule has 1 aliphatic heterocycles. The number of carbonyl (C=O) groups is 1. The third kappa shape index (κ3) is 5.37. The Morgan fingerprint density at radius 1 is 1.19 bits per heavy atom. The van der Waals surface area contributed by atoms with Crippen molar-refractivity contribution in [3.05, 3.63) is 65.5 Å². The Morgan fingerprint density at radius 3 is 2.59 bits per heavy atom. The lowest BCUT2D eigenvalue weighted by molar-refractivity contribution is 0.101. The van der Waals surface area contributed by atoms with Crippen molar-refractivity contribution in [1.29, 1.82) is 0 Å². The van der Waals surface area contributed by atoms with Crippen LogP contribution < -0.4 is 4.90 Å². The fraction of sp³-hybridized carbons (Fsp3) is 0.364. The summed E-state index contributed by atoms with van der Waals surface area (Å²) >= 11 is 0. The maximum absolute atomic E-state index is 14.3. The molecule has 4 rings (SSSR count). The zero-order valence-corrected chi connectivity index (χ0v) is 18.8. The lowest BCUT2D eigenvalue weighted by Gasteiger charge is -2.27. The van der Waals surface area contributed by atoms with Crippen LogP contribution in [0.4, 0.5) is 14.5 Å². The van der Waals surface area contributed by atoms with Gasteiger partial charge in [-0.05, 0) is 49.1 Å². The number of amides is 1. The monoisotopic (exact) mass is 462 g/mol. The van der Waals surface area contributed by atoms with Crippen LogP contribution in [0.5, 0.6) is 0 Å². The summed E-state index contributed by atoms with van der Waals surface area (Å²) in [5.41, 5.74) is 1.39. The van der Waals surface area contributed by atoms with Crippen LogP contribution in [0.25, 0.3) is 5.52 Å². The van der Waals surface area contributed by atoms with E-state index in [-0.39, 0.29) is 17.2 Å². The molecule has 170 valence electrons. The van der Waals surface area contributed by atoms with E-state index in [4.69, 9.17) is 0 Å². The first-order chi connectivity index (χ1) is 15.2. The lowest BCUT2D eigenvalue weighted by Crippen LogP contribution is -2.23. The van der Waals surface area contributed by atoms with Gasteiger partial charge in [-0.2, -0.15) is 13.5 Å². The second-order valence-corrected chi connectivity index (χ2v) is 8.75. The van der Waals surface area contributed by atoms with Gasteiger partial charge in [0.05, 0.1) is 23.3 Å². The summed E-state index contributed by atoms with van der Waals surface area (Å²) in [6, 6.07) is 6.47. The van der Waals surface area contributed by atoms with Gasteiger partial charge in [-0.15, -0.1) is 0 Å². The smallest absolute Gasteiger partial charge is 0.319 e. The molecule has 1 saturated heterocycles.